The van der Waals surface area contributed by atoms with Gasteiger partial charge in [-0.3, -0.25) is 0 Å². The van der Waals surface area contributed by atoms with Crippen LogP contribution in [0.15, 0.2) is 12.2 Å². The highest BCUT2D eigenvalue weighted by molar-refractivity contribution is 5.14. The molecule has 0 unspecified atom stereocenters. The highest BCUT2D eigenvalue weighted by Gasteiger charge is 2.52. The van der Waals surface area contributed by atoms with Gasteiger partial charge in [0.05, 0.1) is 6.10 Å². The van der Waals surface area contributed by atoms with Gasteiger partial charge in [-0.2, -0.15) is 0 Å². The van der Waals surface area contributed by atoms with Crippen molar-refractivity contribution < 1.29 is 4.74 Å². The molecule has 5 atom stereocenters. The predicted octanol–water partition coefficient (Wildman–Crippen LogP) is 2.62. The number of fused-ring (bicyclic) bond motifs is 5. The minimum atomic E-state index is 0.596. The number of hydrogen-bond donors (Lipinski definition) is 0. The minimum absolute atomic E-state index is 0.596. The Balaban J connectivity index is 1.77. The van der Waals surface area contributed by atoms with Gasteiger partial charge in [-0.05, 0) is 49.9 Å². The lowest BCUT2D eigenvalue weighted by atomic mass is 9.80. The van der Waals surface area contributed by atoms with E-state index in [4.69, 9.17) is 4.74 Å². The number of rotatable bonds is 2. The van der Waals surface area contributed by atoms with Crippen LogP contribution in [0.4, 0.5) is 0 Å². The Morgan fingerprint density at radius 3 is 3.08 bits per heavy atom. The molecule has 13 heavy (non-hydrogen) atoms. The second kappa shape index (κ2) is 2.84. The van der Waals surface area contributed by atoms with E-state index in [9.17, 15) is 0 Å². The highest BCUT2D eigenvalue weighted by Crippen LogP contribution is 2.57. The van der Waals surface area contributed by atoms with E-state index in [0.29, 0.717) is 6.10 Å². The molecule has 0 aromatic heterocycles. The first-order valence-corrected chi connectivity index (χ1v) is 5.68. The summed E-state index contributed by atoms with van der Waals surface area (Å²) in [4.78, 5) is 0. The van der Waals surface area contributed by atoms with Crippen LogP contribution in [0.1, 0.15) is 26.2 Å². The number of ether oxygens (including phenoxy) is 1. The van der Waals surface area contributed by atoms with E-state index in [-0.39, 0.29) is 0 Å². The van der Waals surface area contributed by atoms with Gasteiger partial charge < -0.3 is 4.74 Å². The normalized spacial score (nSPS) is 51.6. The van der Waals surface area contributed by atoms with Crippen molar-refractivity contribution in [1.82, 2.24) is 0 Å². The van der Waals surface area contributed by atoms with Crippen molar-refractivity contribution in [3.63, 3.8) is 0 Å². The van der Waals surface area contributed by atoms with E-state index in [1.54, 1.807) is 0 Å². The number of allylic oxidation sites excluding steroid dienone is 2. The third-order valence-corrected chi connectivity index (χ3v) is 4.33. The summed E-state index contributed by atoms with van der Waals surface area (Å²) in [6.07, 6.45) is 9.60. The summed E-state index contributed by atoms with van der Waals surface area (Å²) in [6, 6.07) is 0. The Bertz CT molecular complexity index is 233. The standard InChI is InChI=1S/C12H18O/c1-2-13-12-7-8-6-11(12)10-5-3-4-9(8)10/h3,5,8-12H,2,4,6-7H2,1H3/t8-,9-,10+,11+,12-/m1/s1. The molecule has 0 heterocycles. The maximum Gasteiger partial charge on any atom is 0.0611 e. The largest absolute Gasteiger partial charge is 0.378 e. The van der Waals surface area contributed by atoms with Crippen molar-refractivity contribution >= 4 is 0 Å². The lowest BCUT2D eigenvalue weighted by molar-refractivity contribution is 0.00243. The van der Waals surface area contributed by atoms with Gasteiger partial charge in [-0.1, -0.05) is 12.2 Å². The van der Waals surface area contributed by atoms with Crippen LogP contribution in [0, 0.1) is 23.7 Å². The first kappa shape index (κ1) is 8.05. The van der Waals surface area contributed by atoms with E-state index in [1.807, 2.05) is 0 Å². The average Bonchev–Trinajstić information content (AvgIpc) is 2.72. The second-order valence-corrected chi connectivity index (χ2v) is 4.79. The molecule has 3 rings (SSSR count). The van der Waals surface area contributed by atoms with Crippen molar-refractivity contribution in [2.75, 3.05) is 6.61 Å². The van der Waals surface area contributed by atoms with Crippen molar-refractivity contribution in [1.29, 1.82) is 0 Å². The predicted molar refractivity (Wildman–Crippen MR) is 52.4 cm³/mol. The van der Waals surface area contributed by atoms with Gasteiger partial charge in [0.25, 0.3) is 0 Å². The van der Waals surface area contributed by atoms with Gasteiger partial charge in [0, 0.05) is 6.61 Å². The molecular formula is C12H18O. The number of hydrogen-bond acceptors (Lipinski definition) is 1. The first-order valence-electron chi connectivity index (χ1n) is 5.68. The van der Waals surface area contributed by atoms with Crippen molar-refractivity contribution in [3.05, 3.63) is 12.2 Å². The molecule has 0 radical (unpaired) electrons. The third-order valence-electron chi connectivity index (χ3n) is 4.33. The Morgan fingerprint density at radius 2 is 2.23 bits per heavy atom. The Kier molecular flexibility index (Phi) is 1.76. The van der Waals surface area contributed by atoms with E-state index in [0.717, 1.165) is 30.3 Å². The highest BCUT2D eigenvalue weighted by atomic mass is 16.5. The first-order chi connectivity index (χ1) is 6.40. The summed E-state index contributed by atoms with van der Waals surface area (Å²) < 4.78 is 5.81. The van der Waals surface area contributed by atoms with E-state index in [2.05, 4.69) is 19.1 Å². The Morgan fingerprint density at radius 1 is 1.31 bits per heavy atom. The van der Waals surface area contributed by atoms with Crippen molar-refractivity contribution in [2.24, 2.45) is 23.7 Å². The van der Waals surface area contributed by atoms with Gasteiger partial charge in [-0.25, -0.2) is 0 Å². The molecule has 0 aliphatic heterocycles. The van der Waals surface area contributed by atoms with Crippen molar-refractivity contribution in [3.8, 4) is 0 Å². The molecule has 3 aliphatic carbocycles. The van der Waals surface area contributed by atoms with E-state index in [1.165, 1.54) is 19.3 Å². The van der Waals surface area contributed by atoms with Crippen LogP contribution in [-0.4, -0.2) is 12.7 Å². The van der Waals surface area contributed by atoms with Gasteiger partial charge >= 0.3 is 0 Å². The van der Waals surface area contributed by atoms with Gasteiger partial charge in [-0.15, -0.1) is 0 Å². The van der Waals surface area contributed by atoms with E-state index < -0.39 is 0 Å². The van der Waals surface area contributed by atoms with Crippen LogP contribution in [-0.2, 0) is 4.74 Å². The molecule has 0 spiro atoms. The Hall–Kier alpha value is -0.300. The van der Waals surface area contributed by atoms with Crippen molar-refractivity contribution in [2.45, 2.75) is 32.3 Å². The molecule has 0 aromatic rings. The zero-order valence-corrected chi connectivity index (χ0v) is 8.28. The molecule has 2 fully saturated rings. The summed E-state index contributed by atoms with van der Waals surface area (Å²) in [5, 5.41) is 0. The van der Waals surface area contributed by atoms with Gasteiger partial charge in [0.15, 0.2) is 0 Å². The maximum absolute atomic E-state index is 5.81. The monoisotopic (exact) mass is 178 g/mol. The smallest absolute Gasteiger partial charge is 0.0611 e. The summed E-state index contributed by atoms with van der Waals surface area (Å²) in [5.41, 5.74) is 0. The van der Waals surface area contributed by atoms with Crippen LogP contribution in [0.5, 0.6) is 0 Å². The molecule has 2 saturated carbocycles. The summed E-state index contributed by atoms with van der Waals surface area (Å²) >= 11 is 0. The van der Waals surface area contributed by atoms with Crippen LogP contribution in [0.2, 0.25) is 0 Å². The van der Waals surface area contributed by atoms with E-state index >= 15 is 0 Å². The molecular weight excluding hydrogens is 160 g/mol. The van der Waals surface area contributed by atoms with Gasteiger partial charge in [0.1, 0.15) is 0 Å². The lowest BCUT2D eigenvalue weighted by Gasteiger charge is -2.30. The molecule has 0 aromatic carbocycles. The molecule has 0 amide bonds. The fourth-order valence-electron chi connectivity index (χ4n) is 3.89. The van der Waals surface area contributed by atoms with Crippen LogP contribution in [0.25, 0.3) is 0 Å². The second-order valence-electron chi connectivity index (χ2n) is 4.79. The molecule has 72 valence electrons. The summed E-state index contributed by atoms with van der Waals surface area (Å²) in [5.74, 6) is 3.74. The fourth-order valence-corrected chi connectivity index (χ4v) is 3.89. The van der Waals surface area contributed by atoms with Crippen LogP contribution < -0.4 is 0 Å². The fraction of sp³-hybridized carbons (Fsp3) is 0.833. The van der Waals surface area contributed by atoms with Crippen LogP contribution in [0.3, 0.4) is 0 Å². The molecule has 2 bridgehead atoms. The van der Waals surface area contributed by atoms with Crippen LogP contribution >= 0.6 is 0 Å². The zero-order valence-electron chi connectivity index (χ0n) is 8.28. The summed E-state index contributed by atoms with van der Waals surface area (Å²) in [6.45, 7) is 3.02. The average molecular weight is 178 g/mol. The lowest BCUT2D eigenvalue weighted by Crippen LogP contribution is -2.30. The SMILES string of the molecule is CCO[C@@H]1C[C@H]2C[C@H]1[C@H]1C=CC[C@H]21. The molecule has 1 nitrogen and oxygen atoms in total. The zero-order chi connectivity index (χ0) is 8.84. The molecule has 3 aliphatic rings. The summed E-state index contributed by atoms with van der Waals surface area (Å²) in [7, 11) is 0. The topological polar surface area (TPSA) is 9.23 Å². The molecule has 0 saturated heterocycles. The third kappa shape index (κ3) is 1.03. The Labute approximate surface area is 80.2 Å². The molecule has 1 heteroatoms. The maximum atomic E-state index is 5.81. The quantitative estimate of drug-likeness (QED) is 0.591. The minimum Gasteiger partial charge on any atom is -0.378 e. The molecule has 0 N–H and O–H groups in total. The van der Waals surface area contributed by atoms with Gasteiger partial charge in [0.2, 0.25) is 0 Å².